The van der Waals surface area contributed by atoms with Gasteiger partial charge in [0.05, 0.1) is 5.69 Å². The molecule has 22 heavy (non-hydrogen) atoms. The van der Waals surface area contributed by atoms with E-state index in [-0.39, 0.29) is 24.0 Å². The minimum absolute atomic E-state index is 0. The SMILES string of the molecule is CN=C(NC1CCC1)N1CCN(Cc2cc(C)on2)CC1.I. The van der Waals surface area contributed by atoms with Crippen LogP contribution < -0.4 is 5.32 Å². The Morgan fingerprint density at radius 1 is 1.36 bits per heavy atom. The molecular formula is C15H26IN5O. The van der Waals surface area contributed by atoms with Gasteiger partial charge in [0.15, 0.2) is 5.96 Å². The van der Waals surface area contributed by atoms with Gasteiger partial charge in [-0.25, -0.2) is 0 Å². The molecule has 1 aliphatic heterocycles. The molecule has 0 bridgehead atoms. The van der Waals surface area contributed by atoms with E-state index in [9.17, 15) is 0 Å². The van der Waals surface area contributed by atoms with E-state index in [0.717, 1.165) is 50.1 Å². The normalized spacial score (nSPS) is 20.5. The zero-order chi connectivity index (χ0) is 14.7. The molecule has 0 radical (unpaired) electrons. The summed E-state index contributed by atoms with van der Waals surface area (Å²) in [6, 6.07) is 2.66. The van der Waals surface area contributed by atoms with Crippen LogP contribution >= 0.6 is 24.0 Å². The van der Waals surface area contributed by atoms with E-state index in [1.807, 2.05) is 20.0 Å². The fourth-order valence-corrected chi connectivity index (χ4v) is 2.87. The standard InChI is InChI=1S/C15H25N5O.HI/c1-12-10-14(18-21-12)11-19-6-8-20(9-7-19)15(16-2)17-13-4-3-5-13;/h10,13H,3-9,11H2,1-2H3,(H,16,17);1H. The lowest BCUT2D eigenvalue weighted by atomic mass is 9.93. The Balaban J connectivity index is 0.00000176. The molecule has 3 rings (SSSR count). The molecule has 7 heteroatoms. The number of aromatic nitrogens is 1. The molecule has 124 valence electrons. The second-order valence-corrected chi connectivity index (χ2v) is 6.01. The van der Waals surface area contributed by atoms with Crippen LogP contribution in [0.15, 0.2) is 15.6 Å². The Bertz CT molecular complexity index is 492. The molecule has 1 N–H and O–H groups in total. The summed E-state index contributed by atoms with van der Waals surface area (Å²) in [6.07, 6.45) is 3.91. The molecule has 0 unspecified atom stereocenters. The summed E-state index contributed by atoms with van der Waals surface area (Å²) in [7, 11) is 1.88. The van der Waals surface area contributed by atoms with Crippen molar-refractivity contribution >= 4 is 29.9 Å². The maximum Gasteiger partial charge on any atom is 0.193 e. The van der Waals surface area contributed by atoms with E-state index in [4.69, 9.17) is 4.52 Å². The van der Waals surface area contributed by atoms with Gasteiger partial charge < -0.3 is 14.7 Å². The number of guanidine groups is 1. The van der Waals surface area contributed by atoms with Crippen LogP contribution in [0.5, 0.6) is 0 Å². The number of halogens is 1. The lowest BCUT2D eigenvalue weighted by Gasteiger charge is -2.38. The van der Waals surface area contributed by atoms with Crippen molar-refractivity contribution in [1.29, 1.82) is 0 Å². The molecule has 1 saturated heterocycles. The Labute approximate surface area is 149 Å². The zero-order valence-corrected chi connectivity index (χ0v) is 15.7. The predicted octanol–water partition coefficient (Wildman–Crippen LogP) is 1.85. The Hall–Kier alpha value is -0.830. The third-order valence-electron chi connectivity index (χ3n) is 4.38. The fraction of sp³-hybridized carbons (Fsp3) is 0.733. The van der Waals surface area contributed by atoms with Crippen molar-refractivity contribution in [3.05, 3.63) is 17.5 Å². The molecule has 2 aliphatic rings. The lowest BCUT2D eigenvalue weighted by molar-refractivity contribution is 0.167. The van der Waals surface area contributed by atoms with Crippen LogP contribution in [0.3, 0.4) is 0 Å². The monoisotopic (exact) mass is 419 g/mol. The first-order valence-corrected chi connectivity index (χ1v) is 7.87. The largest absolute Gasteiger partial charge is 0.361 e. The van der Waals surface area contributed by atoms with Gasteiger partial charge in [0.1, 0.15) is 5.76 Å². The zero-order valence-electron chi connectivity index (χ0n) is 13.4. The second kappa shape index (κ2) is 8.14. The molecule has 1 saturated carbocycles. The molecule has 0 amide bonds. The predicted molar refractivity (Wildman–Crippen MR) is 97.6 cm³/mol. The summed E-state index contributed by atoms with van der Waals surface area (Å²) in [5.41, 5.74) is 1.03. The van der Waals surface area contributed by atoms with Gasteiger partial charge in [0.25, 0.3) is 0 Å². The molecule has 0 aromatic carbocycles. The maximum atomic E-state index is 5.13. The second-order valence-electron chi connectivity index (χ2n) is 6.01. The van der Waals surface area contributed by atoms with E-state index in [1.165, 1.54) is 19.3 Å². The topological polar surface area (TPSA) is 56.9 Å². The van der Waals surface area contributed by atoms with Crippen molar-refractivity contribution in [3.63, 3.8) is 0 Å². The van der Waals surface area contributed by atoms with Crippen molar-refractivity contribution in [2.45, 2.75) is 38.8 Å². The number of hydrogen-bond acceptors (Lipinski definition) is 4. The number of aryl methyl sites for hydroxylation is 1. The smallest absolute Gasteiger partial charge is 0.193 e. The summed E-state index contributed by atoms with van der Waals surface area (Å²) in [4.78, 5) is 9.22. The van der Waals surface area contributed by atoms with Gasteiger partial charge in [-0.2, -0.15) is 0 Å². The highest BCUT2D eigenvalue weighted by atomic mass is 127. The maximum absolute atomic E-state index is 5.13. The van der Waals surface area contributed by atoms with E-state index in [1.54, 1.807) is 0 Å². The summed E-state index contributed by atoms with van der Waals surface area (Å²) >= 11 is 0. The van der Waals surface area contributed by atoms with Crippen molar-refractivity contribution in [3.8, 4) is 0 Å². The third kappa shape index (κ3) is 4.34. The summed E-state index contributed by atoms with van der Waals surface area (Å²) < 4.78 is 5.13. The lowest BCUT2D eigenvalue weighted by Crippen LogP contribution is -2.54. The molecule has 1 aromatic rings. The van der Waals surface area contributed by atoms with E-state index >= 15 is 0 Å². The van der Waals surface area contributed by atoms with Crippen LogP contribution in [0.25, 0.3) is 0 Å². The minimum Gasteiger partial charge on any atom is -0.361 e. The summed E-state index contributed by atoms with van der Waals surface area (Å²) in [6.45, 7) is 6.92. The van der Waals surface area contributed by atoms with E-state index < -0.39 is 0 Å². The Kier molecular flexibility index (Phi) is 6.49. The van der Waals surface area contributed by atoms with Gasteiger partial charge >= 0.3 is 0 Å². The highest BCUT2D eigenvalue weighted by Gasteiger charge is 2.24. The first-order chi connectivity index (χ1) is 10.2. The van der Waals surface area contributed by atoms with E-state index in [0.29, 0.717) is 6.04 Å². The number of nitrogens with one attached hydrogen (secondary N) is 1. The number of piperazine rings is 1. The summed E-state index contributed by atoms with van der Waals surface area (Å²) in [5, 5.41) is 7.64. The number of nitrogens with zero attached hydrogens (tertiary/aromatic N) is 4. The van der Waals surface area contributed by atoms with Crippen LogP contribution in [-0.2, 0) is 6.54 Å². The molecule has 2 fully saturated rings. The minimum atomic E-state index is 0. The van der Waals surface area contributed by atoms with Gasteiger partial charge in [0.2, 0.25) is 0 Å². The highest BCUT2D eigenvalue weighted by Crippen LogP contribution is 2.18. The quantitative estimate of drug-likeness (QED) is 0.461. The van der Waals surface area contributed by atoms with Crippen LogP contribution in [0.2, 0.25) is 0 Å². The van der Waals surface area contributed by atoms with Gasteiger partial charge in [-0.1, -0.05) is 5.16 Å². The van der Waals surface area contributed by atoms with Gasteiger partial charge in [0, 0.05) is 51.9 Å². The molecule has 1 aliphatic carbocycles. The van der Waals surface area contributed by atoms with Gasteiger partial charge in [-0.05, 0) is 26.2 Å². The van der Waals surface area contributed by atoms with Crippen molar-refractivity contribution < 1.29 is 4.52 Å². The first-order valence-electron chi connectivity index (χ1n) is 7.87. The van der Waals surface area contributed by atoms with Crippen LogP contribution in [0.1, 0.15) is 30.7 Å². The first kappa shape index (κ1) is 17.5. The van der Waals surface area contributed by atoms with Crippen LogP contribution in [0.4, 0.5) is 0 Å². The van der Waals surface area contributed by atoms with E-state index in [2.05, 4.69) is 25.3 Å². The van der Waals surface area contributed by atoms with Crippen LogP contribution in [0, 0.1) is 6.92 Å². The molecule has 6 nitrogen and oxygen atoms in total. The van der Waals surface area contributed by atoms with Crippen molar-refractivity contribution in [2.75, 3.05) is 33.2 Å². The number of rotatable bonds is 3. The highest BCUT2D eigenvalue weighted by molar-refractivity contribution is 14.0. The summed E-state index contributed by atoms with van der Waals surface area (Å²) in [5.74, 6) is 1.95. The average Bonchev–Trinajstić information content (AvgIpc) is 2.85. The molecule has 1 aromatic heterocycles. The van der Waals surface area contributed by atoms with Gasteiger partial charge in [-0.3, -0.25) is 9.89 Å². The fourth-order valence-electron chi connectivity index (χ4n) is 2.87. The Morgan fingerprint density at radius 2 is 2.09 bits per heavy atom. The number of hydrogen-bond donors (Lipinski definition) is 1. The third-order valence-corrected chi connectivity index (χ3v) is 4.38. The van der Waals surface area contributed by atoms with Crippen molar-refractivity contribution in [2.24, 2.45) is 4.99 Å². The molecule has 2 heterocycles. The Morgan fingerprint density at radius 3 is 2.59 bits per heavy atom. The molecule has 0 spiro atoms. The number of aliphatic imine (C=N–C) groups is 1. The molecule has 0 atom stereocenters. The van der Waals surface area contributed by atoms with Crippen LogP contribution in [-0.4, -0.2) is 60.2 Å². The average molecular weight is 419 g/mol. The molecular weight excluding hydrogens is 393 g/mol. The van der Waals surface area contributed by atoms with Gasteiger partial charge in [-0.15, -0.1) is 24.0 Å². The van der Waals surface area contributed by atoms with Crippen molar-refractivity contribution in [1.82, 2.24) is 20.3 Å².